The van der Waals surface area contributed by atoms with Gasteiger partial charge in [-0.15, -0.1) is 0 Å². The number of nitrogens with one attached hydrogen (secondary N) is 2. The van der Waals surface area contributed by atoms with Crippen LogP contribution in [-0.4, -0.2) is 31.8 Å². The Balaban J connectivity index is 1.95. The van der Waals surface area contributed by atoms with Gasteiger partial charge >= 0.3 is 0 Å². The second-order valence-corrected chi connectivity index (χ2v) is 4.11. The van der Waals surface area contributed by atoms with Gasteiger partial charge in [0.1, 0.15) is 0 Å². The Labute approximate surface area is 97.8 Å². The van der Waals surface area contributed by atoms with Gasteiger partial charge in [-0.25, -0.2) is 5.84 Å². The smallest absolute Gasteiger partial charge is 0.205 e. The number of guanidine groups is 1. The standard InChI is InChI=1S/C11H24N4O/c1-2-3-8-16-9-4-7-13-11(15-12)14-10-5-6-10/h10H,2-9,12H2,1H3,(H2,13,14,15). The van der Waals surface area contributed by atoms with Crippen LogP contribution < -0.4 is 16.6 Å². The summed E-state index contributed by atoms with van der Waals surface area (Å²) >= 11 is 0. The average molecular weight is 228 g/mol. The molecule has 1 aliphatic carbocycles. The van der Waals surface area contributed by atoms with Crippen LogP contribution in [0.1, 0.15) is 39.0 Å². The van der Waals surface area contributed by atoms with Gasteiger partial charge in [0.2, 0.25) is 5.96 Å². The SMILES string of the molecule is CCCCOCCCN=C(NN)NC1CC1. The molecule has 0 aliphatic heterocycles. The first-order valence-electron chi connectivity index (χ1n) is 6.22. The van der Waals surface area contributed by atoms with E-state index < -0.39 is 0 Å². The Morgan fingerprint density at radius 3 is 2.75 bits per heavy atom. The molecule has 0 unspecified atom stereocenters. The molecule has 0 atom stereocenters. The molecule has 0 radical (unpaired) electrons. The lowest BCUT2D eigenvalue weighted by molar-refractivity contribution is 0.130. The molecule has 0 aromatic carbocycles. The number of aliphatic imine (C=N–C) groups is 1. The molecule has 16 heavy (non-hydrogen) atoms. The van der Waals surface area contributed by atoms with Crippen molar-refractivity contribution >= 4 is 5.96 Å². The van der Waals surface area contributed by atoms with E-state index in [1.165, 1.54) is 19.3 Å². The molecule has 0 aromatic rings. The van der Waals surface area contributed by atoms with Gasteiger partial charge in [0, 0.05) is 25.8 Å². The highest BCUT2D eigenvalue weighted by Gasteiger charge is 2.21. The van der Waals surface area contributed by atoms with Gasteiger partial charge in [0.25, 0.3) is 0 Å². The number of nitrogens with zero attached hydrogens (tertiary/aromatic N) is 1. The predicted molar refractivity (Wildman–Crippen MR) is 66.1 cm³/mol. The maximum Gasteiger partial charge on any atom is 0.205 e. The lowest BCUT2D eigenvalue weighted by Crippen LogP contribution is -2.42. The molecule has 0 amide bonds. The molecule has 1 fully saturated rings. The van der Waals surface area contributed by atoms with E-state index in [4.69, 9.17) is 10.6 Å². The molecule has 94 valence electrons. The van der Waals surface area contributed by atoms with E-state index in [1.54, 1.807) is 0 Å². The zero-order valence-electron chi connectivity index (χ0n) is 10.2. The number of nitrogens with two attached hydrogens (primary N) is 1. The summed E-state index contributed by atoms with van der Waals surface area (Å²) in [5.41, 5.74) is 2.58. The Morgan fingerprint density at radius 1 is 1.38 bits per heavy atom. The first-order chi connectivity index (χ1) is 7.86. The summed E-state index contributed by atoms with van der Waals surface area (Å²) in [7, 11) is 0. The third-order valence-corrected chi connectivity index (χ3v) is 2.41. The van der Waals surface area contributed by atoms with Crippen molar-refractivity contribution in [3.63, 3.8) is 0 Å². The van der Waals surface area contributed by atoms with E-state index in [0.717, 1.165) is 32.6 Å². The van der Waals surface area contributed by atoms with Crippen LogP contribution in [-0.2, 0) is 4.74 Å². The van der Waals surface area contributed by atoms with E-state index in [2.05, 4.69) is 22.7 Å². The van der Waals surface area contributed by atoms with Crippen molar-refractivity contribution in [3.05, 3.63) is 0 Å². The second kappa shape index (κ2) is 8.35. The van der Waals surface area contributed by atoms with Crippen molar-refractivity contribution in [1.29, 1.82) is 0 Å². The molecule has 0 saturated heterocycles. The maximum absolute atomic E-state index is 5.44. The highest BCUT2D eigenvalue weighted by atomic mass is 16.5. The third-order valence-electron chi connectivity index (χ3n) is 2.41. The average Bonchev–Trinajstić information content (AvgIpc) is 3.10. The van der Waals surface area contributed by atoms with Crippen LogP contribution in [0.4, 0.5) is 0 Å². The highest BCUT2D eigenvalue weighted by molar-refractivity contribution is 5.79. The molecular formula is C11H24N4O. The van der Waals surface area contributed by atoms with E-state index in [0.29, 0.717) is 12.0 Å². The van der Waals surface area contributed by atoms with Crippen LogP contribution >= 0.6 is 0 Å². The zero-order valence-corrected chi connectivity index (χ0v) is 10.2. The van der Waals surface area contributed by atoms with Crippen LogP contribution in [0.2, 0.25) is 0 Å². The fourth-order valence-corrected chi connectivity index (χ4v) is 1.26. The number of hydrogen-bond donors (Lipinski definition) is 3. The Kier molecular flexibility index (Phi) is 6.92. The highest BCUT2D eigenvalue weighted by Crippen LogP contribution is 2.18. The molecule has 4 N–H and O–H groups in total. The summed E-state index contributed by atoms with van der Waals surface area (Å²) in [5.74, 6) is 6.06. The third kappa shape index (κ3) is 6.63. The Hall–Kier alpha value is -0.810. The number of hydrogen-bond acceptors (Lipinski definition) is 3. The summed E-state index contributed by atoms with van der Waals surface area (Å²) in [5, 5.41) is 3.22. The molecule has 5 nitrogen and oxygen atoms in total. The lowest BCUT2D eigenvalue weighted by Gasteiger charge is -2.07. The molecule has 5 heteroatoms. The van der Waals surface area contributed by atoms with Gasteiger partial charge in [-0.05, 0) is 25.7 Å². The number of ether oxygens (including phenoxy) is 1. The van der Waals surface area contributed by atoms with Crippen molar-refractivity contribution in [2.24, 2.45) is 10.8 Å². The van der Waals surface area contributed by atoms with E-state index in [-0.39, 0.29) is 0 Å². The molecule has 0 spiro atoms. The van der Waals surface area contributed by atoms with Gasteiger partial charge in [-0.1, -0.05) is 13.3 Å². The monoisotopic (exact) mass is 228 g/mol. The summed E-state index contributed by atoms with van der Waals surface area (Å²) in [6.07, 6.45) is 5.72. The first-order valence-corrected chi connectivity index (χ1v) is 6.22. The minimum atomic E-state index is 0.579. The van der Waals surface area contributed by atoms with Crippen molar-refractivity contribution < 1.29 is 4.74 Å². The number of hydrazine groups is 1. The predicted octanol–water partition coefficient (Wildman–Crippen LogP) is 0.765. The molecule has 0 aromatic heterocycles. The topological polar surface area (TPSA) is 71.7 Å². The summed E-state index contributed by atoms with van der Waals surface area (Å²) < 4.78 is 5.44. The van der Waals surface area contributed by atoms with Crippen molar-refractivity contribution in [2.75, 3.05) is 19.8 Å². The van der Waals surface area contributed by atoms with Crippen molar-refractivity contribution in [2.45, 2.75) is 45.1 Å². The first kappa shape index (κ1) is 13.3. The van der Waals surface area contributed by atoms with Gasteiger partial charge in [-0.2, -0.15) is 0 Å². The van der Waals surface area contributed by atoms with E-state index in [1.807, 2.05) is 0 Å². The van der Waals surface area contributed by atoms with Gasteiger partial charge in [0.05, 0.1) is 0 Å². The van der Waals surface area contributed by atoms with Crippen LogP contribution in [0.25, 0.3) is 0 Å². The molecule has 0 bridgehead atoms. The van der Waals surface area contributed by atoms with E-state index >= 15 is 0 Å². The van der Waals surface area contributed by atoms with Gasteiger partial charge in [-0.3, -0.25) is 10.4 Å². The number of rotatable bonds is 8. The molecule has 0 heterocycles. The summed E-state index contributed by atoms with van der Waals surface area (Å²) in [6.45, 7) is 4.56. The fourth-order valence-electron chi connectivity index (χ4n) is 1.26. The van der Waals surface area contributed by atoms with Gasteiger partial charge < -0.3 is 10.1 Å². The zero-order chi connectivity index (χ0) is 11.6. The maximum atomic E-state index is 5.44. The van der Waals surface area contributed by atoms with Gasteiger partial charge in [0.15, 0.2) is 0 Å². The minimum Gasteiger partial charge on any atom is -0.381 e. The molecule has 1 saturated carbocycles. The number of unbranched alkanes of at least 4 members (excludes halogenated alkanes) is 1. The minimum absolute atomic E-state index is 0.579. The van der Waals surface area contributed by atoms with Crippen molar-refractivity contribution in [1.82, 2.24) is 10.7 Å². The second-order valence-electron chi connectivity index (χ2n) is 4.11. The van der Waals surface area contributed by atoms with Crippen LogP contribution in [0.3, 0.4) is 0 Å². The largest absolute Gasteiger partial charge is 0.381 e. The van der Waals surface area contributed by atoms with Crippen LogP contribution in [0.5, 0.6) is 0 Å². The quantitative estimate of drug-likeness (QED) is 0.189. The van der Waals surface area contributed by atoms with E-state index in [9.17, 15) is 0 Å². The molecule has 1 aliphatic rings. The lowest BCUT2D eigenvalue weighted by atomic mass is 10.4. The fraction of sp³-hybridized carbons (Fsp3) is 0.909. The Morgan fingerprint density at radius 2 is 2.12 bits per heavy atom. The molecule has 1 rings (SSSR count). The molecular weight excluding hydrogens is 204 g/mol. The summed E-state index contributed by atoms with van der Waals surface area (Å²) in [4.78, 5) is 4.33. The van der Waals surface area contributed by atoms with Crippen LogP contribution in [0.15, 0.2) is 4.99 Å². The normalized spacial score (nSPS) is 16.2. The Bertz CT molecular complexity index is 204. The van der Waals surface area contributed by atoms with Crippen LogP contribution in [0, 0.1) is 0 Å². The summed E-state index contributed by atoms with van der Waals surface area (Å²) in [6, 6.07) is 0.579. The van der Waals surface area contributed by atoms with Crippen molar-refractivity contribution in [3.8, 4) is 0 Å².